The molecule has 0 radical (unpaired) electrons. The molecule has 0 bridgehead atoms. The maximum absolute atomic E-state index is 6.21. The fraction of sp³-hybridized carbons (Fsp3) is 0.0370. The van der Waals surface area contributed by atoms with Crippen LogP contribution in [0.3, 0.4) is 0 Å². The van der Waals surface area contributed by atoms with E-state index in [2.05, 4.69) is 19.9 Å². The van der Waals surface area contributed by atoms with E-state index in [1.54, 1.807) is 104 Å². The van der Waals surface area contributed by atoms with Gasteiger partial charge in [0, 0.05) is 30.4 Å². The van der Waals surface area contributed by atoms with Gasteiger partial charge in [-0.15, -0.1) is 0 Å². The van der Waals surface area contributed by atoms with Crippen LogP contribution < -0.4 is 22.6 Å². The zero-order chi connectivity index (χ0) is 26.5. The Bertz CT molecular complexity index is 1330. The van der Waals surface area contributed by atoms with Crippen molar-refractivity contribution in [3.8, 4) is 28.7 Å². The molecule has 0 aliphatic rings. The SMILES string of the molecule is c1cncc(OP(OCc2ccccc2OP(Oc2cccnc2)Oc2cccnc2)Oc2cccnc2)c1. The highest BCUT2D eigenvalue weighted by molar-refractivity contribution is 7.43. The molecule has 0 saturated carbocycles. The second kappa shape index (κ2) is 14.0. The van der Waals surface area contributed by atoms with Gasteiger partial charge in [0.2, 0.25) is 0 Å². The molecule has 0 atom stereocenters. The number of nitrogens with zero attached hydrogens (tertiary/aromatic N) is 4. The summed E-state index contributed by atoms with van der Waals surface area (Å²) in [4.78, 5) is 16.4. The van der Waals surface area contributed by atoms with Gasteiger partial charge in [0.1, 0.15) is 28.7 Å². The molecule has 10 nitrogen and oxygen atoms in total. The van der Waals surface area contributed by atoms with Crippen molar-refractivity contribution in [1.82, 2.24) is 19.9 Å². The minimum Gasteiger partial charge on any atom is -0.416 e. The minimum absolute atomic E-state index is 0.116. The van der Waals surface area contributed by atoms with Crippen molar-refractivity contribution in [1.29, 1.82) is 0 Å². The van der Waals surface area contributed by atoms with Crippen molar-refractivity contribution in [2.24, 2.45) is 0 Å². The summed E-state index contributed by atoms with van der Waals surface area (Å²) in [5.74, 6) is 2.53. The first-order chi connectivity index (χ1) is 19.3. The molecule has 0 saturated heterocycles. The van der Waals surface area contributed by atoms with Crippen LogP contribution in [0.4, 0.5) is 0 Å². The molecule has 0 unspecified atom stereocenters. The van der Waals surface area contributed by atoms with Crippen LogP contribution in [0.25, 0.3) is 0 Å². The Balaban J connectivity index is 1.32. The quantitative estimate of drug-likeness (QED) is 0.141. The third-order valence-electron chi connectivity index (χ3n) is 4.73. The lowest BCUT2D eigenvalue weighted by Crippen LogP contribution is -2.05. The van der Waals surface area contributed by atoms with Gasteiger partial charge >= 0.3 is 17.2 Å². The molecular formula is C27H22N4O6P2. The lowest BCUT2D eigenvalue weighted by Gasteiger charge is -2.20. The fourth-order valence-corrected chi connectivity index (χ4v) is 4.95. The Labute approximate surface area is 227 Å². The first kappa shape index (κ1) is 26.3. The normalized spacial score (nSPS) is 10.7. The number of para-hydroxylation sites is 1. The number of benzene rings is 1. The Kier molecular flexibility index (Phi) is 9.41. The second-order valence-corrected chi connectivity index (χ2v) is 9.61. The van der Waals surface area contributed by atoms with E-state index in [1.165, 1.54) is 0 Å². The van der Waals surface area contributed by atoms with Crippen molar-refractivity contribution in [3.05, 3.63) is 128 Å². The minimum atomic E-state index is -1.92. The smallest absolute Gasteiger partial charge is 0.416 e. The van der Waals surface area contributed by atoms with E-state index in [9.17, 15) is 0 Å². The molecule has 4 aromatic heterocycles. The molecule has 0 N–H and O–H groups in total. The third kappa shape index (κ3) is 8.32. The first-order valence-electron chi connectivity index (χ1n) is 11.6. The molecule has 0 amide bonds. The van der Waals surface area contributed by atoms with Crippen LogP contribution in [0.5, 0.6) is 28.7 Å². The molecule has 4 heterocycles. The van der Waals surface area contributed by atoms with Gasteiger partial charge in [-0.3, -0.25) is 24.5 Å². The molecule has 39 heavy (non-hydrogen) atoms. The number of hydrogen-bond donors (Lipinski definition) is 0. The van der Waals surface area contributed by atoms with Gasteiger partial charge in [0.15, 0.2) is 0 Å². The molecule has 1 aromatic carbocycles. The van der Waals surface area contributed by atoms with E-state index in [0.717, 1.165) is 5.56 Å². The topological polar surface area (TPSA) is 107 Å². The predicted octanol–water partition coefficient (Wildman–Crippen LogP) is 6.93. The molecule has 5 aromatic rings. The summed E-state index contributed by atoms with van der Waals surface area (Å²) >= 11 is 0. The maximum Gasteiger partial charge on any atom is 0.530 e. The van der Waals surface area contributed by atoms with Gasteiger partial charge in [-0.2, -0.15) is 0 Å². The third-order valence-corrected chi connectivity index (χ3v) is 6.85. The van der Waals surface area contributed by atoms with E-state index in [4.69, 9.17) is 27.1 Å². The number of aromatic nitrogens is 4. The van der Waals surface area contributed by atoms with Crippen LogP contribution in [0.1, 0.15) is 5.56 Å². The van der Waals surface area contributed by atoms with Gasteiger partial charge in [-0.25, -0.2) is 0 Å². The van der Waals surface area contributed by atoms with Crippen LogP contribution in [-0.2, 0) is 11.1 Å². The number of rotatable bonds is 13. The summed E-state index contributed by atoms with van der Waals surface area (Å²) < 4.78 is 36.2. The summed E-state index contributed by atoms with van der Waals surface area (Å²) in [6, 6.07) is 21.6. The maximum atomic E-state index is 6.21. The van der Waals surface area contributed by atoms with Crippen molar-refractivity contribution in [2.45, 2.75) is 6.61 Å². The molecule has 12 heteroatoms. The number of pyridine rings is 4. The van der Waals surface area contributed by atoms with Gasteiger partial charge in [-0.1, -0.05) is 18.2 Å². The highest BCUT2D eigenvalue weighted by Crippen LogP contribution is 2.45. The average molecular weight is 560 g/mol. The Hall–Kier alpha value is -4.36. The van der Waals surface area contributed by atoms with Gasteiger partial charge < -0.3 is 22.6 Å². The van der Waals surface area contributed by atoms with Crippen molar-refractivity contribution < 1.29 is 27.1 Å². The van der Waals surface area contributed by atoms with Crippen LogP contribution in [-0.4, -0.2) is 19.9 Å². The molecule has 0 aliphatic carbocycles. The molecule has 0 fully saturated rings. The summed E-state index contributed by atoms with van der Waals surface area (Å²) in [5.41, 5.74) is 0.728. The highest BCUT2D eigenvalue weighted by atomic mass is 31.2. The first-order valence-corrected chi connectivity index (χ1v) is 13.8. The van der Waals surface area contributed by atoms with Gasteiger partial charge in [0.25, 0.3) is 0 Å². The zero-order valence-electron chi connectivity index (χ0n) is 20.4. The van der Waals surface area contributed by atoms with Crippen LogP contribution >= 0.6 is 17.2 Å². The second-order valence-electron chi connectivity index (χ2n) is 7.54. The predicted molar refractivity (Wildman–Crippen MR) is 145 cm³/mol. The summed E-state index contributed by atoms with van der Waals surface area (Å²) in [6.07, 6.45) is 13.0. The van der Waals surface area contributed by atoms with E-state index < -0.39 is 17.2 Å². The molecular weight excluding hydrogens is 538 g/mol. The van der Waals surface area contributed by atoms with Crippen LogP contribution in [0.2, 0.25) is 0 Å². The Morgan fingerprint density at radius 3 is 1.33 bits per heavy atom. The van der Waals surface area contributed by atoms with Crippen molar-refractivity contribution in [2.75, 3.05) is 0 Å². The summed E-state index contributed by atoms with van der Waals surface area (Å²) in [5, 5.41) is 0. The largest absolute Gasteiger partial charge is 0.530 e. The molecule has 5 rings (SSSR count). The lowest BCUT2D eigenvalue weighted by molar-refractivity contribution is 0.253. The fourth-order valence-electron chi connectivity index (χ4n) is 2.99. The standard InChI is InChI=1S/C27H22N4O6P2/c1-2-12-27(37-39(35-25-10-5-15-30-19-25)36-26-11-6-16-31-20-26)22(7-1)21-32-38(33-23-8-3-13-28-17-23)34-24-9-4-14-29-18-24/h1-20H,21H2. The van der Waals surface area contributed by atoms with E-state index >= 15 is 0 Å². The summed E-state index contributed by atoms with van der Waals surface area (Å²) in [6.45, 7) is 0.116. The Morgan fingerprint density at radius 2 is 0.897 bits per heavy atom. The molecule has 0 spiro atoms. The van der Waals surface area contributed by atoms with Crippen LogP contribution in [0, 0.1) is 0 Å². The lowest BCUT2D eigenvalue weighted by atomic mass is 10.2. The van der Waals surface area contributed by atoms with Crippen molar-refractivity contribution >= 4 is 17.2 Å². The van der Waals surface area contributed by atoms with Crippen LogP contribution in [0.15, 0.2) is 122 Å². The number of hydrogen-bond acceptors (Lipinski definition) is 10. The highest BCUT2D eigenvalue weighted by Gasteiger charge is 2.23. The van der Waals surface area contributed by atoms with Gasteiger partial charge in [-0.05, 0) is 54.6 Å². The molecule has 196 valence electrons. The monoisotopic (exact) mass is 560 g/mol. The average Bonchev–Trinajstić information content (AvgIpc) is 2.99. The van der Waals surface area contributed by atoms with E-state index in [-0.39, 0.29) is 6.61 Å². The van der Waals surface area contributed by atoms with Crippen molar-refractivity contribution in [3.63, 3.8) is 0 Å². The van der Waals surface area contributed by atoms with E-state index in [1.807, 2.05) is 18.2 Å². The van der Waals surface area contributed by atoms with E-state index in [0.29, 0.717) is 28.7 Å². The Morgan fingerprint density at radius 1 is 0.462 bits per heavy atom. The molecule has 0 aliphatic heterocycles. The van der Waals surface area contributed by atoms with Gasteiger partial charge in [0.05, 0.1) is 31.4 Å². The zero-order valence-corrected chi connectivity index (χ0v) is 22.2. The summed E-state index contributed by atoms with van der Waals surface area (Å²) in [7, 11) is -3.78.